The van der Waals surface area contributed by atoms with Crippen LogP contribution in [0.1, 0.15) is 52.4 Å². The van der Waals surface area contributed by atoms with E-state index in [2.05, 4.69) is 24.5 Å². The summed E-state index contributed by atoms with van der Waals surface area (Å²) < 4.78 is 0. The smallest absolute Gasteiger partial charge is 0.226 e. The van der Waals surface area contributed by atoms with Crippen LogP contribution in [-0.4, -0.2) is 25.0 Å². The minimum absolute atomic E-state index is 0.141. The average molecular weight is 238 g/mol. The minimum atomic E-state index is -0.141. The Balaban J connectivity index is 1.86. The first kappa shape index (κ1) is 12.9. The highest BCUT2D eigenvalue weighted by molar-refractivity contribution is 5.82. The zero-order valence-corrected chi connectivity index (χ0v) is 11.2. The van der Waals surface area contributed by atoms with Crippen molar-refractivity contribution in [2.45, 2.75) is 58.4 Å². The molecular weight excluding hydrogens is 212 g/mol. The summed E-state index contributed by atoms with van der Waals surface area (Å²) in [4.78, 5) is 12.3. The van der Waals surface area contributed by atoms with Crippen molar-refractivity contribution in [1.29, 1.82) is 0 Å². The third-order valence-corrected chi connectivity index (χ3v) is 4.72. The lowest BCUT2D eigenvalue weighted by Gasteiger charge is -2.34. The topological polar surface area (TPSA) is 41.1 Å². The second-order valence-corrected chi connectivity index (χ2v) is 6.12. The molecule has 17 heavy (non-hydrogen) atoms. The van der Waals surface area contributed by atoms with Gasteiger partial charge in [0, 0.05) is 11.5 Å². The van der Waals surface area contributed by atoms with Crippen molar-refractivity contribution in [2.75, 3.05) is 13.1 Å². The van der Waals surface area contributed by atoms with Crippen LogP contribution in [0.5, 0.6) is 0 Å². The fourth-order valence-electron chi connectivity index (χ4n) is 3.16. The van der Waals surface area contributed by atoms with Crippen LogP contribution < -0.4 is 10.6 Å². The zero-order chi connectivity index (χ0) is 12.3. The fraction of sp³-hybridized carbons (Fsp3) is 0.929. The fourth-order valence-corrected chi connectivity index (χ4v) is 3.16. The lowest BCUT2D eigenvalue weighted by atomic mass is 9.79. The highest BCUT2D eigenvalue weighted by Gasteiger charge is 2.36. The molecule has 1 aliphatic heterocycles. The van der Waals surface area contributed by atoms with Crippen molar-refractivity contribution in [1.82, 2.24) is 10.6 Å². The van der Waals surface area contributed by atoms with Crippen LogP contribution in [0.25, 0.3) is 0 Å². The molecule has 1 aliphatic carbocycles. The van der Waals surface area contributed by atoms with Crippen LogP contribution in [-0.2, 0) is 4.79 Å². The Kier molecular flexibility index (Phi) is 4.08. The highest BCUT2D eigenvalue weighted by atomic mass is 16.2. The van der Waals surface area contributed by atoms with Crippen LogP contribution in [0.2, 0.25) is 0 Å². The predicted molar refractivity (Wildman–Crippen MR) is 69.8 cm³/mol. The van der Waals surface area contributed by atoms with Gasteiger partial charge in [-0.2, -0.15) is 0 Å². The molecule has 0 radical (unpaired) electrons. The summed E-state index contributed by atoms with van der Waals surface area (Å²) >= 11 is 0. The minimum Gasteiger partial charge on any atom is -0.353 e. The number of hydrogen-bond acceptors (Lipinski definition) is 2. The van der Waals surface area contributed by atoms with Gasteiger partial charge in [0.1, 0.15) is 0 Å². The Hall–Kier alpha value is -0.570. The summed E-state index contributed by atoms with van der Waals surface area (Å²) in [5.41, 5.74) is -0.141. The summed E-state index contributed by atoms with van der Waals surface area (Å²) in [6.07, 6.45) is 7.20. The summed E-state index contributed by atoms with van der Waals surface area (Å²) in [6, 6.07) is 0.358. The molecule has 0 bridgehead atoms. The van der Waals surface area contributed by atoms with Crippen LogP contribution in [0, 0.1) is 11.3 Å². The Morgan fingerprint density at radius 1 is 1.29 bits per heavy atom. The largest absolute Gasteiger partial charge is 0.353 e. The number of carbonyl (C=O) groups excluding carboxylic acids is 1. The molecule has 1 saturated heterocycles. The monoisotopic (exact) mass is 238 g/mol. The summed E-state index contributed by atoms with van der Waals surface area (Å²) in [7, 11) is 0. The van der Waals surface area contributed by atoms with Gasteiger partial charge in [0.25, 0.3) is 0 Å². The van der Waals surface area contributed by atoms with E-state index in [1.807, 2.05) is 0 Å². The van der Waals surface area contributed by atoms with E-state index in [0.29, 0.717) is 12.0 Å². The summed E-state index contributed by atoms with van der Waals surface area (Å²) in [6.45, 7) is 6.24. The van der Waals surface area contributed by atoms with Gasteiger partial charge < -0.3 is 10.6 Å². The van der Waals surface area contributed by atoms with Crippen molar-refractivity contribution in [2.24, 2.45) is 11.3 Å². The van der Waals surface area contributed by atoms with Crippen LogP contribution in [0.15, 0.2) is 0 Å². The van der Waals surface area contributed by atoms with Crippen LogP contribution in [0.3, 0.4) is 0 Å². The predicted octanol–water partition coefficient (Wildman–Crippen LogP) is 2.07. The maximum absolute atomic E-state index is 12.3. The molecule has 2 N–H and O–H groups in total. The molecule has 1 heterocycles. The average Bonchev–Trinajstić information content (AvgIpc) is 2.83. The van der Waals surface area contributed by atoms with Crippen molar-refractivity contribution in [3.8, 4) is 0 Å². The lowest BCUT2D eigenvalue weighted by molar-refractivity contribution is -0.132. The number of hydrogen-bond donors (Lipinski definition) is 2. The normalized spacial score (nSPS) is 26.7. The molecule has 2 fully saturated rings. The summed E-state index contributed by atoms with van der Waals surface area (Å²) in [5, 5.41) is 6.59. The van der Waals surface area contributed by atoms with Crippen molar-refractivity contribution < 1.29 is 4.79 Å². The molecule has 1 amide bonds. The molecule has 2 rings (SSSR count). The van der Waals surface area contributed by atoms with Crippen molar-refractivity contribution in [3.05, 3.63) is 0 Å². The van der Waals surface area contributed by atoms with Gasteiger partial charge in [-0.05, 0) is 51.6 Å². The second-order valence-electron chi connectivity index (χ2n) is 6.12. The Labute approximate surface area is 105 Å². The van der Waals surface area contributed by atoms with Crippen molar-refractivity contribution in [3.63, 3.8) is 0 Å². The molecule has 3 heteroatoms. The van der Waals surface area contributed by atoms with E-state index in [0.717, 1.165) is 25.9 Å². The summed E-state index contributed by atoms with van der Waals surface area (Å²) in [5.74, 6) is 0.989. The van der Waals surface area contributed by atoms with E-state index in [-0.39, 0.29) is 11.3 Å². The number of amides is 1. The maximum Gasteiger partial charge on any atom is 0.226 e. The van der Waals surface area contributed by atoms with Crippen LogP contribution in [0.4, 0.5) is 0 Å². The molecule has 0 unspecified atom stereocenters. The molecular formula is C14H26N2O. The Morgan fingerprint density at radius 2 is 1.88 bits per heavy atom. The molecule has 1 saturated carbocycles. The van der Waals surface area contributed by atoms with Gasteiger partial charge in [-0.15, -0.1) is 0 Å². The molecule has 1 atom stereocenters. The number of nitrogens with one attached hydrogen (secondary N) is 2. The highest BCUT2D eigenvalue weighted by Crippen LogP contribution is 2.31. The molecule has 98 valence electrons. The van der Waals surface area contributed by atoms with Gasteiger partial charge >= 0.3 is 0 Å². The van der Waals surface area contributed by atoms with Gasteiger partial charge in [-0.1, -0.05) is 19.8 Å². The zero-order valence-electron chi connectivity index (χ0n) is 11.2. The van der Waals surface area contributed by atoms with E-state index in [4.69, 9.17) is 0 Å². The third-order valence-electron chi connectivity index (χ3n) is 4.72. The quantitative estimate of drug-likeness (QED) is 0.790. The first-order valence-corrected chi connectivity index (χ1v) is 7.13. The van der Waals surface area contributed by atoms with Gasteiger partial charge in [-0.3, -0.25) is 4.79 Å². The first-order valence-electron chi connectivity index (χ1n) is 7.13. The molecule has 0 spiro atoms. The number of rotatable bonds is 3. The van der Waals surface area contributed by atoms with E-state index in [1.165, 1.54) is 25.7 Å². The SMILES string of the molecule is C[C@@H](NC(=O)C1(C)CCNCC1)C1CCCC1. The van der Waals surface area contributed by atoms with E-state index < -0.39 is 0 Å². The van der Waals surface area contributed by atoms with Crippen molar-refractivity contribution >= 4 is 5.91 Å². The van der Waals surface area contributed by atoms with Gasteiger partial charge in [-0.25, -0.2) is 0 Å². The van der Waals surface area contributed by atoms with E-state index in [1.54, 1.807) is 0 Å². The lowest BCUT2D eigenvalue weighted by Crippen LogP contribution is -2.49. The van der Waals surface area contributed by atoms with E-state index in [9.17, 15) is 4.79 Å². The maximum atomic E-state index is 12.3. The molecule has 0 aromatic carbocycles. The first-order chi connectivity index (χ1) is 8.12. The molecule has 3 nitrogen and oxygen atoms in total. The van der Waals surface area contributed by atoms with Crippen LogP contribution >= 0.6 is 0 Å². The van der Waals surface area contributed by atoms with Gasteiger partial charge in [0.05, 0.1) is 0 Å². The Bertz CT molecular complexity index is 265. The molecule has 2 aliphatic rings. The number of piperidine rings is 1. The van der Waals surface area contributed by atoms with E-state index >= 15 is 0 Å². The molecule has 0 aromatic heterocycles. The number of carbonyl (C=O) groups is 1. The second kappa shape index (κ2) is 5.38. The molecule has 0 aromatic rings. The van der Waals surface area contributed by atoms with Gasteiger partial charge in [0.15, 0.2) is 0 Å². The standard InChI is InChI=1S/C14H26N2O/c1-11(12-5-3-4-6-12)16-13(17)14(2)7-9-15-10-8-14/h11-12,15H,3-10H2,1-2H3,(H,16,17)/t11-/m1/s1. The Morgan fingerprint density at radius 3 is 2.47 bits per heavy atom. The third kappa shape index (κ3) is 3.01. The van der Waals surface area contributed by atoms with Gasteiger partial charge in [0.2, 0.25) is 5.91 Å².